The molecule has 3 rings (SSSR count). The van der Waals surface area contributed by atoms with Gasteiger partial charge in [-0.15, -0.1) is 11.3 Å². The standard InChI is InChI=1S/C16H17FN2S/c1-12(16-6-3-11-20-16)18-8-10-19-9-7-13-14(17)4-2-5-15(13)19/h2-7,9,11-12,18H,8,10H2,1H3. The summed E-state index contributed by atoms with van der Waals surface area (Å²) in [7, 11) is 0. The first-order valence-electron chi connectivity index (χ1n) is 6.76. The first-order valence-corrected chi connectivity index (χ1v) is 7.64. The normalized spacial score (nSPS) is 12.9. The molecule has 0 aliphatic heterocycles. The molecule has 2 heterocycles. The monoisotopic (exact) mass is 288 g/mol. The minimum absolute atomic E-state index is 0.152. The average molecular weight is 288 g/mol. The predicted octanol–water partition coefficient (Wildman–Crippen LogP) is 4.19. The van der Waals surface area contributed by atoms with Gasteiger partial charge in [0.05, 0.1) is 5.52 Å². The highest BCUT2D eigenvalue weighted by molar-refractivity contribution is 7.10. The van der Waals surface area contributed by atoms with Gasteiger partial charge in [0.1, 0.15) is 5.82 Å². The highest BCUT2D eigenvalue weighted by Crippen LogP contribution is 2.20. The number of rotatable bonds is 5. The van der Waals surface area contributed by atoms with Crippen LogP contribution in [-0.2, 0) is 6.54 Å². The van der Waals surface area contributed by atoms with Crippen molar-refractivity contribution >= 4 is 22.2 Å². The maximum Gasteiger partial charge on any atom is 0.132 e. The third kappa shape index (κ3) is 2.62. The largest absolute Gasteiger partial charge is 0.346 e. The first-order chi connectivity index (χ1) is 9.75. The van der Waals surface area contributed by atoms with Crippen molar-refractivity contribution < 1.29 is 4.39 Å². The number of hydrogen-bond acceptors (Lipinski definition) is 2. The number of thiophene rings is 1. The van der Waals surface area contributed by atoms with E-state index in [0.29, 0.717) is 11.4 Å². The summed E-state index contributed by atoms with van der Waals surface area (Å²) >= 11 is 1.76. The third-order valence-electron chi connectivity index (χ3n) is 3.53. The number of benzene rings is 1. The van der Waals surface area contributed by atoms with Crippen LogP contribution in [0.25, 0.3) is 10.9 Å². The molecule has 104 valence electrons. The van der Waals surface area contributed by atoms with Gasteiger partial charge in [-0.3, -0.25) is 0 Å². The zero-order valence-corrected chi connectivity index (χ0v) is 12.2. The molecule has 0 saturated carbocycles. The maximum atomic E-state index is 13.6. The fourth-order valence-corrected chi connectivity index (χ4v) is 3.18. The number of nitrogens with one attached hydrogen (secondary N) is 1. The van der Waals surface area contributed by atoms with Gasteiger partial charge in [0.15, 0.2) is 0 Å². The first kappa shape index (κ1) is 13.3. The minimum atomic E-state index is -0.152. The van der Waals surface area contributed by atoms with Crippen molar-refractivity contribution in [1.29, 1.82) is 0 Å². The van der Waals surface area contributed by atoms with Gasteiger partial charge in [0, 0.05) is 35.6 Å². The summed E-state index contributed by atoms with van der Waals surface area (Å²) in [6.45, 7) is 3.86. The number of hydrogen-bond donors (Lipinski definition) is 1. The van der Waals surface area contributed by atoms with E-state index in [0.717, 1.165) is 18.6 Å². The maximum absolute atomic E-state index is 13.6. The Balaban J connectivity index is 1.64. The Morgan fingerprint density at radius 3 is 2.95 bits per heavy atom. The molecule has 0 aliphatic carbocycles. The summed E-state index contributed by atoms with van der Waals surface area (Å²) in [5, 5.41) is 6.28. The zero-order chi connectivity index (χ0) is 13.9. The second-order valence-corrected chi connectivity index (χ2v) is 5.85. The SMILES string of the molecule is CC(NCCn1ccc2c(F)cccc21)c1cccs1. The Morgan fingerprint density at radius 1 is 1.25 bits per heavy atom. The Bertz CT molecular complexity index is 688. The molecule has 0 fully saturated rings. The fraction of sp³-hybridized carbons (Fsp3) is 0.250. The van der Waals surface area contributed by atoms with Crippen molar-refractivity contribution in [2.75, 3.05) is 6.54 Å². The molecule has 3 aromatic rings. The Labute approximate surface area is 121 Å². The molecule has 0 aliphatic rings. The molecule has 0 saturated heterocycles. The van der Waals surface area contributed by atoms with Crippen LogP contribution < -0.4 is 5.32 Å². The van der Waals surface area contributed by atoms with Crippen molar-refractivity contribution in [3.63, 3.8) is 0 Å². The van der Waals surface area contributed by atoms with Gasteiger partial charge in [-0.1, -0.05) is 12.1 Å². The molecule has 1 unspecified atom stereocenters. The Hall–Kier alpha value is -1.65. The van der Waals surface area contributed by atoms with Crippen LogP contribution in [0.4, 0.5) is 4.39 Å². The van der Waals surface area contributed by atoms with Crippen molar-refractivity contribution in [3.05, 3.63) is 58.7 Å². The summed E-state index contributed by atoms with van der Waals surface area (Å²) in [6, 6.07) is 11.6. The van der Waals surface area contributed by atoms with E-state index in [1.807, 2.05) is 18.3 Å². The van der Waals surface area contributed by atoms with Crippen LogP contribution in [0.15, 0.2) is 48.0 Å². The highest BCUT2D eigenvalue weighted by atomic mass is 32.1. The van der Waals surface area contributed by atoms with Crippen LogP contribution >= 0.6 is 11.3 Å². The highest BCUT2D eigenvalue weighted by Gasteiger charge is 2.07. The molecular formula is C16H17FN2S. The molecule has 1 aromatic carbocycles. The molecule has 0 radical (unpaired) electrons. The van der Waals surface area contributed by atoms with Crippen LogP contribution in [0, 0.1) is 5.82 Å². The second-order valence-electron chi connectivity index (χ2n) is 4.87. The molecule has 4 heteroatoms. The van der Waals surface area contributed by atoms with Crippen LogP contribution in [0.2, 0.25) is 0 Å². The van der Waals surface area contributed by atoms with Crippen LogP contribution in [0.3, 0.4) is 0 Å². The Kier molecular flexibility index (Phi) is 3.85. The van der Waals surface area contributed by atoms with Crippen molar-refractivity contribution in [2.45, 2.75) is 19.5 Å². The van der Waals surface area contributed by atoms with E-state index in [-0.39, 0.29) is 5.82 Å². The lowest BCUT2D eigenvalue weighted by molar-refractivity contribution is 0.542. The summed E-state index contributed by atoms with van der Waals surface area (Å²) in [5.41, 5.74) is 0.954. The van der Waals surface area contributed by atoms with Crippen LogP contribution in [-0.4, -0.2) is 11.1 Å². The lowest BCUT2D eigenvalue weighted by atomic mass is 10.2. The molecule has 2 aromatic heterocycles. The Morgan fingerprint density at radius 2 is 2.15 bits per heavy atom. The number of fused-ring (bicyclic) bond motifs is 1. The summed E-state index contributed by atoms with van der Waals surface area (Å²) in [6.07, 6.45) is 1.95. The smallest absolute Gasteiger partial charge is 0.132 e. The van der Waals surface area contributed by atoms with E-state index in [1.165, 1.54) is 10.9 Å². The summed E-state index contributed by atoms with van der Waals surface area (Å²) in [5.74, 6) is -0.152. The van der Waals surface area contributed by atoms with Gasteiger partial charge in [0.25, 0.3) is 0 Å². The van der Waals surface area contributed by atoms with E-state index in [1.54, 1.807) is 17.4 Å². The van der Waals surface area contributed by atoms with E-state index in [2.05, 4.69) is 34.3 Å². The number of halogens is 1. The summed E-state index contributed by atoms with van der Waals surface area (Å²) in [4.78, 5) is 1.34. The van der Waals surface area contributed by atoms with E-state index in [9.17, 15) is 4.39 Å². The quantitative estimate of drug-likeness (QED) is 0.745. The molecule has 2 nitrogen and oxygen atoms in total. The van der Waals surface area contributed by atoms with Crippen LogP contribution in [0.5, 0.6) is 0 Å². The lowest BCUT2D eigenvalue weighted by Gasteiger charge is -2.13. The minimum Gasteiger partial charge on any atom is -0.346 e. The van der Waals surface area contributed by atoms with Gasteiger partial charge in [-0.05, 0) is 36.6 Å². The van der Waals surface area contributed by atoms with E-state index in [4.69, 9.17) is 0 Å². The van der Waals surface area contributed by atoms with Crippen molar-refractivity contribution in [1.82, 2.24) is 9.88 Å². The molecule has 0 amide bonds. The summed E-state index contributed by atoms with van der Waals surface area (Å²) < 4.78 is 15.7. The van der Waals surface area contributed by atoms with Gasteiger partial charge in [-0.25, -0.2) is 4.39 Å². The molecule has 0 spiro atoms. The number of nitrogens with zero attached hydrogens (tertiary/aromatic N) is 1. The average Bonchev–Trinajstić information content (AvgIpc) is 3.09. The predicted molar refractivity (Wildman–Crippen MR) is 82.6 cm³/mol. The van der Waals surface area contributed by atoms with Gasteiger partial charge in [0.2, 0.25) is 0 Å². The van der Waals surface area contributed by atoms with E-state index >= 15 is 0 Å². The lowest BCUT2D eigenvalue weighted by Crippen LogP contribution is -2.22. The third-order valence-corrected chi connectivity index (χ3v) is 4.59. The van der Waals surface area contributed by atoms with E-state index < -0.39 is 0 Å². The second kappa shape index (κ2) is 5.77. The molecule has 20 heavy (non-hydrogen) atoms. The van der Waals surface area contributed by atoms with Crippen molar-refractivity contribution in [3.8, 4) is 0 Å². The fourth-order valence-electron chi connectivity index (χ4n) is 2.42. The molecular weight excluding hydrogens is 271 g/mol. The van der Waals surface area contributed by atoms with Gasteiger partial charge >= 0.3 is 0 Å². The molecule has 0 bridgehead atoms. The van der Waals surface area contributed by atoms with Gasteiger partial charge in [-0.2, -0.15) is 0 Å². The van der Waals surface area contributed by atoms with Crippen LogP contribution in [0.1, 0.15) is 17.8 Å². The zero-order valence-electron chi connectivity index (χ0n) is 11.3. The van der Waals surface area contributed by atoms with Gasteiger partial charge < -0.3 is 9.88 Å². The molecule has 1 atom stereocenters. The number of aromatic nitrogens is 1. The van der Waals surface area contributed by atoms with Crippen molar-refractivity contribution in [2.24, 2.45) is 0 Å². The topological polar surface area (TPSA) is 17.0 Å². The molecule has 1 N–H and O–H groups in total.